The third-order valence-electron chi connectivity index (χ3n) is 4.61. The number of amides is 2. The topological polar surface area (TPSA) is 76.7 Å². The molecule has 0 heterocycles. The van der Waals surface area contributed by atoms with Crippen molar-refractivity contribution in [3.63, 3.8) is 0 Å². The van der Waals surface area contributed by atoms with Gasteiger partial charge in [-0.05, 0) is 60.0 Å². The predicted molar refractivity (Wildman–Crippen MR) is 124 cm³/mol. The Morgan fingerprint density at radius 3 is 1.72 bits per heavy atom. The first kappa shape index (κ1) is 22.9. The van der Waals surface area contributed by atoms with Gasteiger partial charge in [-0.3, -0.25) is 20.4 Å². The van der Waals surface area contributed by atoms with E-state index in [-0.39, 0.29) is 0 Å². The van der Waals surface area contributed by atoms with Crippen LogP contribution in [0.15, 0.2) is 78.9 Å². The largest absolute Gasteiger partial charge is 0.493 e. The van der Waals surface area contributed by atoms with Gasteiger partial charge in [0.15, 0.2) is 0 Å². The summed E-state index contributed by atoms with van der Waals surface area (Å²) in [6.45, 7) is 5.29. The van der Waals surface area contributed by atoms with E-state index in [1.54, 1.807) is 48.5 Å². The van der Waals surface area contributed by atoms with Crippen molar-refractivity contribution in [2.75, 3.05) is 13.2 Å². The Bertz CT molecular complexity index is 1000. The van der Waals surface area contributed by atoms with Crippen LogP contribution in [0.25, 0.3) is 0 Å². The van der Waals surface area contributed by atoms with E-state index in [0.717, 1.165) is 6.42 Å². The van der Waals surface area contributed by atoms with Gasteiger partial charge in [0, 0.05) is 17.5 Å². The molecule has 2 amide bonds. The van der Waals surface area contributed by atoms with Crippen molar-refractivity contribution in [1.29, 1.82) is 0 Å². The van der Waals surface area contributed by atoms with Crippen LogP contribution in [0.3, 0.4) is 0 Å². The summed E-state index contributed by atoms with van der Waals surface area (Å²) in [6.07, 6.45) is 0.805. The van der Waals surface area contributed by atoms with Crippen LogP contribution in [0, 0.1) is 5.92 Å². The maximum absolute atomic E-state index is 12.3. The number of carbonyl (C=O) groups excluding carboxylic acids is 2. The van der Waals surface area contributed by atoms with Crippen LogP contribution in [0.4, 0.5) is 0 Å². The first-order chi connectivity index (χ1) is 15.5. The molecule has 166 valence electrons. The first-order valence-electron chi connectivity index (χ1n) is 10.6. The molecule has 0 fully saturated rings. The summed E-state index contributed by atoms with van der Waals surface area (Å²) in [6, 6.07) is 23.6. The fourth-order valence-corrected chi connectivity index (χ4v) is 2.86. The van der Waals surface area contributed by atoms with Gasteiger partial charge in [-0.1, -0.05) is 44.2 Å². The number of carbonyl (C=O) groups is 2. The normalized spacial score (nSPS) is 10.5. The van der Waals surface area contributed by atoms with Crippen molar-refractivity contribution >= 4 is 11.8 Å². The number of nitrogens with one attached hydrogen (secondary N) is 2. The standard InChI is InChI=1S/C26H28N2O4/c1-19(2)18-32-24-14-10-22(11-15-24)26(30)28-27-25(29)21-8-12-23(13-9-21)31-17-16-20-6-4-3-5-7-20/h3-15,19H,16-18H2,1-2H3,(H,27,29)(H,28,30). The molecule has 3 rings (SSSR count). The van der Waals surface area contributed by atoms with Crippen molar-refractivity contribution in [1.82, 2.24) is 10.9 Å². The van der Waals surface area contributed by atoms with Crippen molar-refractivity contribution < 1.29 is 19.1 Å². The average molecular weight is 433 g/mol. The fourth-order valence-electron chi connectivity index (χ4n) is 2.86. The van der Waals surface area contributed by atoms with Gasteiger partial charge in [0.05, 0.1) is 13.2 Å². The quantitative estimate of drug-likeness (QED) is 0.491. The zero-order valence-electron chi connectivity index (χ0n) is 18.3. The minimum absolute atomic E-state index is 0.408. The third-order valence-corrected chi connectivity index (χ3v) is 4.61. The van der Waals surface area contributed by atoms with Crippen LogP contribution in [-0.2, 0) is 6.42 Å². The molecule has 6 nitrogen and oxygen atoms in total. The zero-order valence-corrected chi connectivity index (χ0v) is 18.3. The van der Waals surface area contributed by atoms with Crippen molar-refractivity contribution in [2.24, 2.45) is 5.92 Å². The minimum Gasteiger partial charge on any atom is -0.493 e. The number of hydrazine groups is 1. The Kier molecular flexibility index (Phi) is 8.26. The Balaban J connectivity index is 1.43. The van der Waals surface area contributed by atoms with Gasteiger partial charge in [-0.15, -0.1) is 0 Å². The lowest BCUT2D eigenvalue weighted by atomic mass is 10.2. The maximum Gasteiger partial charge on any atom is 0.269 e. The number of rotatable bonds is 9. The van der Waals surface area contributed by atoms with Crippen LogP contribution in [0.2, 0.25) is 0 Å². The Labute approximate surface area is 188 Å². The lowest BCUT2D eigenvalue weighted by molar-refractivity contribution is 0.0846. The van der Waals surface area contributed by atoms with E-state index >= 15 is 0 Å². The molecule has 0 bridgehead atoms. The molecule has 0 saturated carbocycles. The molecular weight excluding hydrogens is 404 g/mol. The molecule has 0 aliphatic rings. The molecule has 0 aromatic heterocycles. The summed E-state index contributed by atoms with van der Waals surface area (Å²) in [7, 11) is 0. The highest BCUT2D eigenvalue weighted by molar-refractivity contribution is 5.99. The van der Waals surface area contributed by atoms with Crippen LogP contribution in [-0.4, -0.2) is 25.0 Å². The summed E-state index contributed by atoms with van der Waals surface area (Å²) >= 11 is 0. The molecule has 6 heteroatoms. The van der Waals surface area contributed by atoms with Crippen molar-refractivity contribution in [3.8, 4) is 11.5 Å². The van der Waals surface area contributed by atoms with E-state index in [9.17, 15) is 9.59 Å². The lowest BCUT2D eigenvalue weighted by Gasteiger charge is -2.10. The summed E-state index contributed by atoms with van der Waals surface area (Å²) in [5.74, 6) is 0.982. The van der Waals surface area contributed by atoms with E-state index in [1.165, 1.54) is 5.56 Å². The number of ether oxygens (including phenoxy) is 2. The van der Waals surface area contributed by atoms with Gasteiger partial charge in [-0.25, -0.2) is 0 Å². The predicted octanol–water partition coefficient (Wildman–Crippen LogP) is 4.42. The number of benzene rings is 3. The molecule has 2 N–H and O–H groups in total. The Morgan fingerprint density at radius 1 is 0.719 bits per heavy atom. The highest BCUT2D eigenvalue weighted by Crippen LogP contribution is 2.14. The zero-order chi connectivity index (χ0) is 22.8. The molecule has 0 unspecified atom stereocenters. The summed E-state index contributed by atoms with van der Waals surface area (Å²) < 4.78 is 11.3. The van der Waals surface area contributed by atoms with Crippen LogP contribution < -0.4 is 20.3 Å². The van der Waals surface area contributed by atoms with Gasteiger partial charge < -0.3 is 9.47 Å². The van der Waals surface area contributed by atoms with Gasteiger partial charge in [0.25, 0.3) is 11.8 Å². The highest BCUT2D eigenvalue weighted by Gasteiger charge is 2.10. The second kappa shape index (κ2) is 11.6. The van der Waals surface area contributed by atoms with Gasteiger partial charge in [0.2, 0.25) is 0 Å². The van der Waals surface area contributed by atoms with E-state index < -0.39 is 11.8 Å². The van der Waals surface area contributed by atoms with Gasteiger partial charge in [-0.2, -0.15) is 0 Å². The SMILES string of the molecule is CC(C)COc1ccc(C(=O)NNC(=O)c2ccc(OCCc3ccccc3)cc2)cc1. The van der Waals surface area contributed by atoms with Crippen LogP contribution >= 0.6 is 0 Å². The van der Waals surface area contributed by atoms with Gasteiger partial charge >= 0.3 is 0 Å². The van der Waals surface area contributed by atoms with E-state index in [1.807, 2.05) is 18.2 Å². The average Bonchev–Trinajstić information content (AvgIpc) is 2.82. The van der Waals surface area contributed by atoms with Crippen LogP contribution in [0.1, 0.15) is 40.1 Å². The molecule has 0 spiro atoms. The second-order valence-corrected chi connectivity index (χ2v) is 7.75. The molecule has 0 atom stereocenters. The monoisotopic (exact) mass is 432 g/mol. The third kappa shape index (κ3) is 7.16. The van der Waals surface area contributed by atoms with Gasteiger partial charge in [0.1, 0.15) is 11.5 Å². The van der Waals surface area contributed by atoms with Crippen molar-refractivity contribution in [3.05, 3.63) is 95.6 Å². The van der Waals surface area contributed by atoms with Crippen molar-refractivity contribution in [2.45, 2.75) is 20.3 Å². The highest BCUT2D eigenvalue weighted by atomic mass is 16.5. The van der Waals surface area contributed by atoms with E-state index in [4.69, 9.17) is 9.47 Å². The molecule has 32 heavy (non-hydrogen) atoms. The molecule has 0 radical (unpaired) electrons. The van der Waals surface area contributed by atoms with E-state index in [0.29, 0.717) is 41.8 Å². The Morgan fingerprint density at radius 2 is 1.22 bits per heavy atom. The minimum atomic E-state index is -0.411. The molecule has 3 aromatic rings. The molecule has 0 aliphatic heterocycles. The fraction of sp³-hybridized carbons (Fsp3) is 0.231. The second-order valence-electron chi connectivity index (χ2n) is 7.75. The number of hydrogen-bond donors (Lipinski definition) is 2. The first-order valence-corrected chi connectivity index (χ1v) is 10.6. The summed E-state index contributed by atoms with van der Waals surface area (Å²) in [5.41, 5.74) is 6.89. The molecule has 0 saturated heterocycles. The van der Waals surface area contributed by atoms with Crippen LogP contribution in [0.5, 0.6) is 11.5 Å². The lowest BCUT2D eigenvalue weighted by Crippen LogP contribution is -2.41. The molecule has 3 aromatic carbocycles. The number of hydrogen-bond acceptors (Lipinski definition) is 4. The maximum atomic E-state index is 12.3. The molecular formula is C26H28N2O4. The van der Waals surface area contributed by atoms with E-state index in [2.05, 4.69) is 36.8 Å². The summed E-state index contributed by atoms with van der Waals surface area (Å²) in [4.78, 5) is 24.6. The smallest absolute Gasteiger partial charge is 0.269 e. The summed E-state index contributed by atoms with van der Waals surface area (Å²) in [5, 5.41) is 0. The molecule has 0 aliphatic carbocycles. The Hall–Kier alpha value is -3.80.